The average molecular weight is 496 g/mol. The highest BCUT2D eigenvalue weighted by molar-refractivity contribution is 7.89. The first-order valence-electron chi connectivity index (χ1n) is 10.3. The number of alkyl halides is 3. The third-order valence-corrected chi connectivity index (χ3v) is 7.41. The van der Waals surface area contributed by atoms with Crippen molar-refractivity contribution < 1.29 is 36.3 Å². The Morgan fingerprint density at radius 3 is 2.62 bits per heavy atom. The van der Waals surface area contributed by atoms with Crippen molar-refractivity contribution in [1.29, 1.82) is 5.26 Å². The zero-order chi connectivity index (χ0) is 24.8. The van der Waals surface area contributed by atoms with Gasteiger partial charge in [0, 0.05) is 22.2 Å². The summed E-state index contributed by atoms with van der Waals surface area (Å²) < 4.78 is 72.4. The number of rotatable bonds is 6. The summed E-state index contributed by atoms with van der Waals surface area (Å²) in [5.41, 5.74) is 1.12. The van der Waals surface area contributed by atoms with Gasteiger partial charge >= 0.3 is 6.18 Å². The highest BCUT2D eigenvalue weighted by Gasteiger charge is 2.40. The van der Waals surface area contributed by atoms with Crippen LogP contribution in [-0.4, -0.2) is 42.5 Å². The molecule has 0 radical (unpaired) electrons. The van der Waals surface area contributed by atoms with Crippen molar-refractivity contribution in [3.05, 3.63) is 36.2 Å². The maximum atomic E-state index is 12.8. The summed E-state index contributed by atoms with van der Waals surface area (Å²) in [7, 11) is -3.12. The van der Waals surface area contributed by atoms with Gasteiger partial charge in [-0.25, -0.2) is 13.4 Å². The maximum absolute atomic E-state index is 12.8. The molecule has 1 atom stereocenters. The van der Waals surface area contributed by atoms with Gasteiger partial charge in [0.15, 0.2) is 4.90 Å². The van der Waals surface area contributed by atoms with E-state index in [9.17, 15) is 32.1 Å². The standard InChI is InChI=1S/C21H21F3N5O4S/c1-12(21(22,23)24)27-34(31,32)15-6-7-18(28(30)11-15)19-17(9-25)16-8-14(33-2)10-26-20(16)29(19)13-4-3-5-13/h6-8,10-13,27,30H,3-5H2,1-2H3/q+1/t12-/m0/s1. The number of hydrogen-bond donors (Lipinski definition) is 2. The summed E-state index contributed by atoms with van der Waals surface area (Å²) in [6, 6.07) is 3.79. The zero-order valence-corrected chi connectivity index (χ0v) is 19.0. The van der Waals surface area contributed by atoms with Gasteiger partial charge in [-0.15, -0.1) is 0 Å². The lowest BCUT2D eigenvalue weighted by Crippen LogP contribution is -2.44. The predicted molar refractivity (Wildman–Crippen MR) is 113 cm³/mol. The molecule has 3 heterocycles. The number of nitrogens with zero attached hydrogens (tertiary/aromatic N) is 4. The molecule has 2 N–H and O–H groups in total. The minimum absolute atomic E-state index is 0.0122. The van der Waals surface area contributed by atoms with Crippen LogP contribution in [0.2, 0.25) is 0 Å². The molecule has 1 aliphatic rings. The zero-order valence-electron chi connectivity index (χ0n) is 18.2. The molecule has 4 rings (SSSR count). The molecule has 1 fully saturated rings. The van der Waals surface area contributed by atoms with Gasteiger partial charge < -0.3 is 9.30 Å². The molecule has 180 valence electrons. The van der Waals surface area contributed by atoms with Crippen molar-refractivity contribution in [2.24, 2.45) is 0 Å². The van der Waals surface area contributed by atoms with Gasteiger partial charge in [0.25, 0.3) is 5.69 Å². The Kier molecular flexibility index (Phi) is 5.91. The molecular weight excluding hydrogens is 475 g/mol. The molecular formula is C21H21F3N5O4S+. The summed E-state index contributed by atoms with van der Waals surface area (Å²) >= 11 is 0. The largest absolute Gasteiger partial charge is 0.495 e. The van der Waals surface area contributed by atoms with Crippen LogP contribution in [0.5, 0.6) is 5.75 Å². The number of aromatic nitrogens is 3. The number of nitriles is 1. The summed E-state index contributed by atoms with van der Waals surface area (Å²) in [4.78, 5) is 3.87. The molecule has 0 spiro atoms. The van der Waals surface area contributed by atoms with E-state index < -0.39 is 27.1 Å². The molecule has 0 bridgehead atoms. The van der Waals surface area contributed by atoms with Crippen molar-refractivity contribution in [3.8, 4) is 23.2 Å². The SMILES string of the molecule is COc1cnc2c(c1)c(C#N)c(-c1ccc(S(=O)(=O)N[C@@H](C)C(F)(F)F)c[n+]1O)n2C1CCC1. The highest BCUT2D eigenvalue weighted by atomic mass is 32.2. The van der Waals surface area contributed by atoms with Gasteiger partial charge in [0.1, 0.15) is 29.2 Å². The molecule has 0 aliphatic heterocycles. The molecule has 13 heteroatoms. The van der Waals surface area contributed by atoms with Crippen LogP contribution in [0.1, 0.15) is 37.8 Å². The van der Waals surface area contributed by atoms with Gasteiger partial charge in [-0.1, -0.05) is 0 Å². The molecule has 3 aromatic rings. The Labute approximate surface area is 193 Å². The monoisotopic (exact) mass is 496 g/mol. The lowest BCUT2D eigenvalue weighted by atomic mass is 9.92. The predicted octanol–water partition coefficient (Wildman–Crippen LogP) is 3.06. The number of ether oxygens (including phenoxy) is 1. The number of pyridine rings is 2. The third kappa shape index (κ3) is 4.03. The van der Waals surface area contributed by atoms with E-state index >= 15 is 0 Å². The topological polar surface area (TPSA) is 121 Å². The normalized spacial score (nSPS) is 15.6. The first kappa shape index (κ1) is 23.8. The highest BCUT2D eigenvalue weighted by Crippen LogP contribution is 2.41. The van der Waals surface area contributed by atoms with Gasteiger partial charge in [0.2, 0.25) is 16.2 Å². The Bertz CT molecular complexity index is 1410. The molecule has 1 saturated carbocycles. The summed E-state index contributed by atoms with van der Waals surface area (Å²) in [5, 5.41) is 21.1. The number of sulfonamides is 1. The van der Waals surface area contributed by atoms with Crippen molar-refractivity contribution in [1.82, 2.24) is 14.3 Å². The summed E-state index contributed by atoms with van der Waals surface area (Å²) in [6.07, 6.45) is 0.152. The van der Waals surface area contributed by atoms with E-state index in [0.717, 1.165) is 31.5 Å². The molecule has 0 saturated heterocycles. The second-order valence-corrected chi connectivity index (χ2v) is 9.73. The van der Waals surface area contributed by atoms with Crippen LogP contribution in [0.4, 0.5) is 13.2 Å². The molecule has 0 aromatic carbocycles. The Morgan fingerprint density at radius 1 is 1.38 bits per heavy atom. The minimum atomic E-state index is -4.78. The van der Waals surface area contributed by atoms with Crippen LogP contribution in [0.15, 0.2) is 35.5 Å². The van der Waals surface area contributed by atoms with Crippen LogP contribution in [0, 0.1) is 11.3 Å². The first-order valence-corrected chi connectivity index (χ1v) is 11.8. The Balaban J connectivity index is 1.86. The summed E-state index contributed by atoms with van der Waals surface area (Å²) in [6.45, 7) is 0.677. The van der Waals surface area contributed by atoms with E-state index in [1.807, 2.05) is 4.57 Å². The molecule has 3 aromatic heterocycles. The van der Waals surface area contributed by atoms with Crippen LogP contribution in [0.25, 0.3) is 22.4 Å². The Morgan fingerprint density at radius 2 is 2.09 bits per heavy atom. The van der Waals surface area contributed by atoms with Gasteiger partial charge in [-0.3, -0.25) is 5.21 Å². The quantitative estimate of drug-likeness (QED) is 0.400. The number of methoxy groups -OCH3 is 1. The van der Waals surface area contributed by atoms with Crippen molar-refractivity contribution in [2.45, 2.75) is 49.3 Å². The van der Waals surface area contributed by atoms with Crippen molar-refractivity contribution in [3.63, 3.8) is 0 Å². The van der Waals surface area contributed by atoms with Gasteiger partial charge in [0.05, 0.1) is 18.9 Å². The van der Waals surface area contributed by atoms with Crippen LogP contribution in [-0.2, 0) is 10.0 Å². The molecule has 9 nitrogen and oxygen atoms in total. The number of hydrogen-bond acceptors (Lipinski definition) is 6. The van der Waals surface area contributed by atoms with Crippen molar-refractivity contribution >= 4 is 21.1 Å². The van der Waals surface area contributed by atoms with Gasteiger partial charge in [-0.05, 0) is 38.3 Å². The fourth-order valence-corrected chi connectivity index (χ4v) is 5.05. The smallest absolute Gasteiger partial charge is 0.404 e. The van der Waals surface area contributed by atoms with Crippen LogP contribution in [0.3, 0.4) is 0 Å². The van der Waals surface area contributed by atoms with Crippen LogP contribution < -0.4 is 14.2 Å². The fourth-order valence-electron chi connectivity index (χ4n) is 3.83. The number of nitrogens with one attached hydrogen (secondary N) is 1. The van der Waals surface area contributed by atoms with E-state index in [-0.39, 0.29) is 17.3 Å². The lowest BCUT2D eigenvalue weighted by molar-refractivity contribution is -0.897. The van der Waals surface area contributed by atoms with E-state index in [4.69, 9.17) is 4.74 Å². The van der Waals surface area contributed by atoms with Crippen molar-refractivity contribution in [2.75, 3.05) is 7.11 Å². The molecule has 0 unspecified atom stereocenters. The summed E-state index contributed by atoms with van der Waals surface area (Å²) in [5.74, 6) is 0.435. The lowest BCUT2D eigenvalue weighted by Gasteiger charge is -2.28. The number of halogens is 3. The second kappa shape index (κ2) is 8.44. The first-order chi connectivity index (χ1) is 16.0. The third-order valence-electron chi connectivity index (χ3n) is 5.88. The van der Waals surface area contributed by atoms with E-state index in [1.165, 1.54) is 19.4 Å². The number of fused-ring (bicyclic) bond motifs is 1. The van der Waals surface area contributed by atoms with Crippen LogP contribution >= 0.6 is 0 Å². The van der Waals surface area contributed by atoms with E-state index in [1.54, 1.807) is 10.8 Å². The molecule has 0 amide bonds. The van der Waals surface area contributed by atoms with Gasteiger partial charge in [-0.2, -0.15) is 23.2 Å². The van der Waals surface area contributed by atoms with E-state index in [0.29, 0.717) is 34.1 Å². The Hall–Kier alpha value is -3.37. The maximum Gasteiger partial charge on any atom is 0.404 e. The minimum Gasteiger partial charge on any atom is -0.495 e. The second-order valence-electron chi connectivity index (χ2n) is 8.02. The average Bonchev–Trinajstić information content (AvgIpc) is 3.04. The molecule has 34 heavy (non-hydrogen) atoms. The fraction of sp³-hybridized carbons (Fsp3) is 0.381. The molecule has 1 aliphatic carbocycles. The van der Waals surface area contributed by atoms with E-state index in [2.05, 4.69) is 11.1 Å².